The summed E-state index contributed by atoms with van der Waals surface area (Å²) in [5.74, 6) is 0. The summed E-state index contributed by atoms with van der Waals surface area (Å²) < 4.78 is 0. The molecular formula is C47H40N2. The van der Waals surface area contributed by atoms with Crippen molar-refractivity contribution < 1.29 is 0 Å². The third-order valence-corrected chi connectivity index (χ3v) is 9.98. The molecule has 8 rings (SSSR count). The maximum absolute atomic E-state index is 3.62. The summed E-state index contributed by atoms with van der Waals surface area (Å²) in [4.78, 5) is 2.38. The Labute approximate surface area is 290 Å². The van der Waals surface area contributed by atoms with Crippen molar-refractivity contribution in [2.45, 2.75) is 33.1 Å². The minimum atomic E-state index is -0.155. The third kappa shape index (κ3) is 5.81. The van der Waals surface area contributed by atoms with Gasteiger partial charge in [-0.2, -0.15) is 0 Å². The van der Waals surface area contributed by atoms with Gasteiger partial charge in [-0.05, 0) is 125 Å². The Morgan fingerprint density at radius 1 is 0.408 bits per heavy atom. The van der Waals surface area contributed by atoms with Crippen molar-refractivity contribution in [3.05, 3.63) is 186 Å². The van der Waals surface area contributed by atoms with E-state index in [0.29, 0.717) is 0 Å². The molecule has 2 nitrogen and oxygen atoms in total. The Kier molecular flexibility index (Phi) is 7.65. The molecule has 0 saturated heterocycles. The van der Waals surface area contributed by atoms with Crippen LogP contribution in [0.5, 0.6) is 0 Å². The standard InChI is InChI=1S/C47H40N2/c1-32-13-19-38(20-14-32)48-39-21-27-43-44-28-26-42(31-46(44)47(3,4)45(43)30-39)49(40-22-15-33(2)16-23-40)41-24-17-35(18-25-41)37-12-8-11-36(29-37)34-9-6-5-7-10-34/h5-31,48H,1-4H3. The van der Waals surface area contributed by atoms with Gasteiger partial charge in [0.15, 0.2) is 0 Å². The molecule has 1 aliphatic rings. The average Bonchev–Trinajstić information content (AvgIpc) is 3.36. The van der Waals surface area contributed by atoms with E-state index in [1.54, 1.807) is 0 Å². The van der Waals surface area contributed by atoms with Crippen LogP contribution in [0.15, 0.2) is 164 Å². The lowest BCUT2D eigenvalue weighted by Crippen LogP contribution is -2.16. The maximum atomic E-state index is 3.62. The summed E-state index contributed by atoms with van der Waals surface area (Å²) >= 11 is 0. The van der Waals surface area contributed by atoms with Gasteiger partial charge in [-0.15, -0.1) is 0 Å². The Morgan fingerprint density at radius 2 is 0.898 bits per heavy atom. The fourth-order valence-electron chi connectivity index (χ4n) is 7.20. The van der Waals surface area contributed by atoms with Gasteiger partial charge in [0.1, 0.15) is 0 Å². The molecule has 0 amide bonds. The zero-order valence-electron chi connectivity index (χ0n) is 28.5. The van der Waals surface area contributed by atoms with Gasteiger partial charge in [-0.1, -0.05) is 122 Å². The van der Waals surface area contributed by atoms with E-state index in [2.05, 4.69) is 202 Å². The summed E-state index contributed by atoms with van der Waals surface area (Å²) in [5, 5.41) is 3.62. The second-order valence-corrected chi connectivity index (χ2v) is 13.8. The van der Waals surface area contributed by atoms with E-state index in [0.717, 1.165) is 28.4 Å². The van der Waals surface area contributed by atoms with Gasteiger partial charge in [0, 0.05) is 33.9 Å². The van der Waals surface area contributed by atoms with Crippen molar-refractivity contribution in [1.29, 1.82) is 0 Å². The van der Waals surface area contributed by atoms with Crippen LogP contribution < -0.4 is 10.2 Å². The molecule has 0 radical (unpaired) electrons. The van der Waals surface area contributed by atoms with Crippen LogP contribution in [-0.4, -0.2) is 0 Å². The predicted molar refractivity (Wildman–Crippen MR) is 209 cm³/mol. The lowest BCUT2D eigenvalue weighted by Gasteiger charge is -2.28. The van der Waals surface area contributed by atoms with Gasteiger partial charge in [0.2, 0.25) is 0 Å². The topological polar surface area (TPSA) is 15.3 Å². The minimum Gasteiger partial charge on any atom is -0.356 e. The molecule has 0 aliphatic heterocycles. The van der Waals surface area contributed by atoms with Crippen molar-refractivity contribution in [3.63, 3.8) is 0 Å². The fraction of sp³-hybridized carbons (Fsp3) is 0.106. The summed E-state index contributed by atoms with van der Waals surface area (Å²) in [5.41, 5.74) is 18.2. The first-order valence-electron chi connectivity index (χ1n) is 17.1. The zero-order chi connectivity index (χ0) is 33.5. The van der Waals surface area contributed by atoms with Crippen molar-refractivity contribution in [1.82, 2.24) is 0 Å². The molecule has 0 heterocycles. The number of nitrogens with zero attached hydrogens (tertiary/aromatic N) is 1. The van der Waals surface area contributed by atoms with Gasteiger partial charge in [0.05, 0.1) is 0 Å². The summed E-state index contributed by atoms with van der Waals surface area (Å²) in [7, 11) is 0. The number of fused-ring (bicyclic) bond motifs is 3. The number of hydrogen-bond donors (Lipinski definition) is 1. The first-order chi connectivity index (χ1) is 23.8. The van der Waals surface area contributed by atoms with Gasteiger partial charge in [0.25, 0.3) is 0 Å². The van der Waals surface area contributed by atoms with E-state index in [4.69, 9.17) is 0 Å². The molecule has 0 fully saturated rings. The molecule has 0 saturated carbocycles. The van der Waals surface area contributed by atoms with Crippen molar-refractivity contribution >= 4 is 28.4 Å². The molecule has 238 valence electrons. The Hall–Kier alpha value is -5.86. The van der Waals surface area contributed by atoms with E-state index >= 15 is 0 Å². The Morgan fingerprint density at radius 3 is 1.55 bits per heavy atom. The highest BCUT2D eigenvalue weighted by Gasteiger charge is 2.36. The Bertz CT molecular complexity index is 2260. The van der Waals surface area contributed by atoms with E-state index in [1.807, 2.05) is 0 Å². The maximum Gasteiger partial charge on any atom is 0.0465 e. The van der Waals surface area contributed by atoms with Gasteiger partial charge < -0.3 is 10.2 Å². The molecule has 7 aromatic carbocycles. The Balaban J connectivity index is 1.15. The second kappa shape index (κ2) is 12.3. The van der Waals surface area contributed by atoms with Crippen LogP contribution in [0.1, 0.15) is 36.1 Å². The van der Waals surface area contributed by atoms with Crippen molar-refractivity contribution in [2.75, 3.05) is 10.2 Å². The first-order valence-corrected chi connectivity index (χ1v) is 17.1. The molecule has 49 heavy (non-hydrogen) atoms. The van der Waals surface area contributed by atoms with Crippen LogP contribution in [0.25, 0.3) is 33.4 Å². The molecule has 0 atom stereocenters. The molecule has 1 aliphatic carbocycles. The smallest absolute Gasteiger partial charge is 0.0465 e. The molecule has 0 bridgehead atoms. The van der Waals surface area contributed by atoms with E-state index in [-0.39, 0.29) is 5.41 Å². The molecular weight excluding hydrogens is 593 g/mol. The minimum absolute atomic E-state index is 0.155. The number of aryl methyl sites for hydroxylation is 2. The SMILES string of the molecule is Cc1ccc(Nc2ccc3c(c2)C(C)(C)c2cc(N(c4ccc(C)cc4)c4ccc(-c5cccc(-c6ccccc6)c5)cc4)ccc2-3)cc1. The molecule has 1 N–H and O–H groups in total. The van der Waals surface area contributed by atoms with Crippen LogP contribution in [0.3, 0.4) is 0 Å². The summed E-state index contributed by atoms with van der Waals surface area (Å²) in [6, 6.07) is 59.6. The van der Waals surface area contributed by atoms with Crippen LogP contribution >= 0.6 is 0 Å². The number of anilines is 5. The third-order valence-electron chi connectivity index (χ3n) is 9.98. The highest BCUT2D eigenvalue weighted by Crippen LogP contribution is 2.51. The number of hydrogen-bond acceptors (Lipinski definition) is 2. The molecule has 0 unspecified atom stereocenters. The van der Waals surface area contributed by atoms with E-state index in [1.165, 1.54) is 55.6 Å². The molecule has 0 aromatic heterocycles. The van der Waals surface area contributed by atoms with Crippen molar-refractivity contribution in [3.8, 4) is 33.4 Å². The summed E-state index contributed by atoms with van der Waals surface area (Å²) in [6.45, 7) is 8.97. The fourth-order valence-corrected chi connectivity index (χ4v) is 7.20. The van der Waals surface area contributed by atoms with Crippen LogP contribution in [0.4, 0.5) is 28.4 Å². The lowest BCUT2D eigenvalue weighted by atomic mass is 9.82. The van der Waals surface area contributed by atoms with Gasteiger partial charge >= 0.3 is 0 Å². The molecule has 0 spiro atoms. The monoisotopic (exact) mass is 632 g/mol. The number of benzene rings is 7. The normalized spacial score (nSPS) is 12.7. The predicted octanol–water partition coefficient (Wildman–Crippen LogP) is 13.2. The summed E-state index contributed by atoms with van der Waals surface area (Å²) in [6.07, 6.45) is 0. The van der Waals surface area contributed by atoms with E-state index in [9.17, 15) is 0 Å². The van der Waals surface area contributed by atoms with Crippen LogP contribution in [0, 0.1) is 13.8 Å². The zero-order valence-corrected chi connectivity index (χ0v) is 28.5. The van der Waals surface area contributed by atoms with E-state index < -0.39 is 0 Å². The average molecular weight is 633 g/mol. The molecule has 2 heteroatoms. The quantitative estimate of drug-likeness (QED) is 0.188. The van der Waals surface area contributed by atoms with Gasteiger partial charge in [-0.3, -0.25) is 0 Å². The highest BCUT2D eigenvalue weighted by molar-refractivity contribution is 5.87. The number of nitrogens with one attached hydrogen (secondary N) is 1. The lowest BCUT2D eigenvalue weighted by molar-refractivity contribution is 0.660. The largest absolute Gasteiger partial charge is 0.356 e. The highest BCUT2D eigenvalue weighted by atomic mass is 15.1. The van der Waals surface area contributed by atoms with Crippen LogP contribution in [0.2, 0.25) is 0 Å². The van der Waals surface area contributed by atoms with Crippen LogP contribution in [-0.2, 0) is 5.41 Å². The van der Waals surface area contributed by atoms with Gasteiger partial charge in [-0.25, -0.2) is 0 Å². The second-order valence-electron chi connectivity index (χ2n) is 13.8. The number of rotatable bonds is 7. The van der Waals surface area contributed by atoms with Crippen molar-refractivity contribution in [2.24, 2.45) is 0 Å². The first kappa shape index (κ1) is 30.5. The molecule has 7 aromatic rings.